The number of esters is 1. The molecular formula is C21H28N2O5. The van der Waals surface area contributed by atoms with Gasteiger partial charge in [0.05, 0.1) is 13.0 Å². The average Bonchev–Trinajstić information content (AvgIpc) is 2.65. The van der Waals surface area contributed by atoms with E-state index in [-0.39, 0.29) is 36.2 Å². The van der Waals surface area contributed by atoms with E-state index in [0.717, 1.165) is 6.42 Å². The van der Waals surface area contributed by atoms with Crippen molar-refractivity contribution in [2.24, 2.45) is 0 Å². The van der Waals surface area contributed by atoms with Gasteiger partial charge in [-0.05, 0) is 51.5 Å². The number of rotatable bonds is 10. The van der Waals surface area contributed by atoms with Crippen LogP contribution in [0.4, 0.5) is 5.69 Å². The quantitative estimate of drug-likeness (QED) is 0.378. The number of ketones is 1. The Morgan fingerprint density at radius 1 is 1.04 bits per heavy atom. The minimum atomic E-state index is -0.441. The first-order valence-corrected chi connectivity index (χ1v) is 9.33. The summed E-state index contributed by atoms with van der Waals surface area (Å²) in [5.41, 5.74) is 1.35. The van der Waals surface area contributed by atoms with Crippen molar-refractivity contribution in [2.75, 3.05) is 25.0 Å². The van der Waals surface area contributed by atoms with E-state index in [2.05, 4.69) is 5.32 Å². The van der Waals surface area contributed by atoms with Gasteiger partial charge in [0, 0.05) is 36.0 Å². The standard InChI is InChI=1S/C21H28N2O5/c1-5-12-23(13-11-20(26)28-6-2)21(27)15(3)14-19(25)22-18-9-7-17(8-10-18)16(4)24/h7-10,14H,5-6,11-13H2,1-4H3,(H,22,25)/b15-14-. The number of ether oxygens (including phenoxy) is 1. The molecule has 0 atom stereocenters. The van der Waals surface area contributed by atoms with Crippen LogP contribution in [0.15, 0.2) is 35.9 Å². The Labute approximate surface area is 165 Å². The zero-order chi connectivity index (χ0) is 21.1. The largest absolute Gasteiger partial charge is 0.466 e. The lowest BCUT2D eigenvalue weighted by atomic mass is 10.1. The number of nitrogens with zero attached hydrogens (tertiary/aromatic N) is 1. The molecule has 0 heterocycles. The Hall–Kier alpha value is -2.96. The molecule has 7 nitrogen and oxygen atoms in total. The average molecular weight is 388 g/mol. The number of nitrogens with one attached hydrogen (secondary N) is 1. The van der Waals surface area contributed by atoms with Crippen molar-refractivity contribution in [3.63, 3.8) is 0 Å². The van der Waals surface area contributed by atoms with Gasteiger partial charge in [-0.3, -0.25) is 19.2 Å². The summed E-state index contributed by atoms with van der Waals surface area (Å²) in [5, 5.41) is 2.66. The molecule has 1 aromatic rings. The Morgan fingerprint density at radius 3 is 2.21 bits per heavy atom. The molecule has 1 N–H and O–H groups in total. The highest BCUT2D eigenvalue weighted by Crippen LogP contribution is 2.11. The van der Waals surface area contributed by atoms with Crippen LogP contribution in [-0.2, 0) is 19.1 Å². The van der Waals surface area contributed by atoms with Crippen LogP contribution in [0.3, 0.4) is 0 Å². The van der Waals surface area contributed by atoms with Gasteiger partial charge in [-0.2, -0.15) is 0 Å². The number of Topliss-reactive ketones (excluding diaryl/α,β-unsaturated/α-hetero) is 1. The Morgan fingerprint density at radius 2 is 1.68 bits per heavy atom. The molecule has 1 rings (SSSR count). The monoisotopic (exact) mass is 388 g/mol. The summed E-state index contributed by atoms with van der Waals surface area (Å²) in [6, 6.07) is 6.50. The second kappa shape index (κ2) is 11.7. The molecule has 0 aromatic heterocycles. The summed E-state index contributed by atoms with van der Waals surface area (Å²) in [7, 11) is 0. The molecular weight excluding hydrogens is 360 g/mol. The number of hydrogen-bond acceptors (Lipinski definition) is 5. The third-order valence-corrected chi connectivity index (χ3v) is 3.92. The van der Waals surface area contributed by atoms with Crippen molar-refractivity contribution in [1.82, 2.24) is 4.90 Å². The summed E-state index contributed by atoms with van der Waals surface area (Å²) in [6.45, 7) is 7.71. The fourth-order valence-corrected chi connectivity index (χ4v) is 2.52. The lowest BCUT2D eigenvalue weighted by Crippen LogP contribution is -2.34. The number of anilines is 1. The van der Waals surface area contributed by atoms with E-state index in [1.54, 1.807) is 38.1 Å². The van der Waals surface area contributed by atoms with E-state index in [4.69, 9.17) is 4.74 Å². The highest BCUT2D eigenvalue weighted by molar-refractivity contribution is 6.06. The molecule has 28 heavy (non-hydrogen) atoms. The van der Waals surface area contributed by atoms with E-state index < -0.39 is 5.91 Å². The summed E-state index contributed by atoms with van der Waals surface area (Å²) < 4.78 is 4.89. The Bertz CT molecular complexity index is 738. The highest BCUT2D eigenvalue weighted by atomic mass is 16.5. The van der Waals surface area contributed by atoms with E-state index >= 15 is 0 Å². The number of hydrogen-bond donors (Lipinski definition) is 1. The Kier molecular flexibility index (Phi) is 9.64. The lowest BCUT2D eigenvalue weighted by Gasteiger charge is -2.22. The van der Waals surface area contributed by atoms with Gasteiger partial charge in [0.15, 0.2) is 5.78 Å². The summed E-state index contributed by atoms with van der Waals surface area (Å²) in [6.07, 6.45) is 2.08. The van der Waals surface area contributed by atoms with Crippen LogP contribution in [-0.4, -0.2) is 48.2 Å². The number of carbonyl (C=O) groups excluding carboxylic acids is 4. The summed E-state index contributed by atoms with van der Waals surface area (Å²) in [4.78, 5) is 49.1. The SMILES string of the molecule is CCCN(CCC(=O)OCC)C(=O)/C(C)=C\C(=O)Nc1ccc(C(C)=O)cc1. The van der Waals surface area contributed by atoms with E-state index in [1.807, 2.05) is 6.92 Å². The van der Waals surface area contributed by atoms with Gasteiger partial charge in [0.1, 0.15) is 0 Å². The molecule has 0 saturated heterocycles. The maximum absolute atomic E-state index is 12.6. The topological polar surface area (TPSA) is 92.8 Å². The molecule has 0 spiro atoms. The van der Waals surface area contributed by atoms with Gasteiger partial charge in [-0.15, -0.1) is 0 Å². The maximum Gasteiger partial charge on any atom is 0.307 e. The van der Waals surface area contributed by atoms with E-state index in [0.29, 0.717) is 24.4 Å². The first-order valence-electron chi connectivity index (χ1n) is 9.33. The molecule has 0 bridgehead atoms. The predicted octanol–water partition coefficient (Wildman–Crippen LogP) is 2.97. The van der Waals surface area contributed by atoms with Crippen molar-refractivity contribution in [3.8, 4) is 0 Å². The van der Waals surface area contributed by atoms with Crippen molar-refractivity contribution in [2.45, 2.75) is 40.5 Å². The number of carbonyl (C=O) groups is 4. The van der Waals surface area contributed by atoms with Gasteiger partial charge in [0.25, 0.3) is 0 Å². The van der Waals surface area contributed by atoms with Crippen LogP contribution in [0.5, 0.6) is 0 Å². The first kappa shape index (κ1) is 23.1. The molecule has 0 aliphatic carbocycles. The highest BCUT2D eigenvalue weighted by Gasteiger charge is 2.17. The zero-order valence-corrected chi connectivity index (χ0v) is 16.9. The maximum atomic E-state index is 12.6. The molecule has 1 aromatic carbocycles. The molecule has 0 aliphatic rings. The van der Waals surface area contributed by atoms with E-state index in [9.17, 15) is 19.2 Å². The van der Waals surface area contributed by atoms with E-state index in [1.165, 1.54) is 17.9 Å². The normalized spacial score (nSPS) is 10.9. The van der Waals surface area contributed by atoms with Gasteiger partial charge in [-0.25, -0.2) is 0 Å². The molecule has 0 fully saturated rings. The van der Waals surface area contributed by atoms with Crippen molar-refractivity contribution in [3.05, 3.63) is 41.5 Å². The van der Waals surface area contributed by atoms with Crippen molar-refractivity contribution >= 4 is 29.3 Å². The van der Waals surface area contributed by atoms with Crippen LogP contribution in [0.1, 0.15) is 50.9 Å². The molecule has 7 heteroatoms. The van der Waals surface area contributed by atoms with Crippen LogP contribution in [0.2, 0.25) is 0 Å². The minimum Gasteiger partial charge on any atom is -0.466 e. The molecule has 0 radical (unpaired) electrons. The lowest BCUT2D eigenvalue weighted by molar-refractivity contribution is -0.143. The Balaban J connectivity index is 2.73. The van der Waals surface area contributed by atoms with Gasteiger partial charge in [0.2, 0.25) is 11.8 Å². The van der Waals surface area contributed by atoms with Crippen LogP contribution in [0.25, 0.3) is 0 Å². The van der Waals surface area contributed by atoms with Gasteiger partial charge in [-0.1, -0.05) is 6.92 Å². The third kappa shape index (κ3) is 7.73. The van der Waals surface area contributed by atoms with Crippen molar-refractivity contribution < 1.29 is 23.9 Å². The number of benzene rings is 1. The predicted molar refractivity (Wildman–Crippen MR) is 107 cm³/mol. The van der Waals surface area contributed by atoms with Crippen LogP contribution in [0, 0.1) is 0 Å². The van der Waals surface area contributed by atoms with Crippen molar-refractivity contribution in [1.29, 1.82) is 0 Å². The second-order valence-corrected chi connectivity index (χ2v) is 6.30. The smallest absolute Gasteiger partial charge is 0.307 e. The first-order chi connectivity index (χ1) is 13.3. The fraction of sp³-hybridized carbons (Fsp3) is 0.429. The minimum absolute atomic E-state index is 0.0574. The van der Waals surface area contributed by atoms with Crippen LogP contribution >= 0.6 is 0 Å². The fourth-order valence-electron chi connectivity index (χ4n) is 2.52. The van der Waals surface area contributed by atoms with Gasteiger partial charge < -0.3 is 15.0 Å². The summed E-state index contributed by atoms with van der Waals surface area (Å²) >= 11 is 0. The molecule has 152 valence electrons. The molecule has 0 aliphatic heterocycles. The zero-order valence-electron chi connectivity index (χ0n) is 16.9. The second-order valence-electron chi connectivity index (χ2n) is 6.30. The number of amides is 2. The van der Waals surface area contributed by atoms with Crippen LogP contribution < -0.4 is 5.32 Å². The summed E-state index contributed by atoms with van der Waals surface area (Å²) in [5.74, 6) is -1.15. The molecule has 0 saturated carbocycles. The molecule has 0 unspecified atom stereocenters. The third-order valence-electron chi connectivity index (χ3n) is 3.92. The van der Waals surface area contributed by atoms with Gasteiger partial charge >= 0.3 is 5.97 Å². The molecule has 2 amide bonds.